The molecule has 0 unspecified atom stereocenters. The van der Waals surface area contributed by atoms with E-state index in [1.807, 2.05) is 37.3 Å². The molecule has 3 heteroatoms. The van der Waals surface area contributed by atoms with Crippen molar-refractivity contribution in [2.24, 2.45) is 5.73 Å². The summed E-state index contributed by atoms with van der Waals surface area (Å²) in [5.41, 5.74) is 9.73. The average Bonchev–Trinajstić information content (AvgIpc) is 2.48. The van der Waals surface area contributed by atoms with Gasteiger partial charge in [0.25, 0.3) is 0 Å². The lowest BCUT2D eigenvalue weighted by atomic mass is 10.0. The number of aromatic nitrogens is 2. The first kappa shape index (κ1) is 11.8. The Morgan fingerprint density at radius 1 is 0.947 bits per heavy atom. The van der Waals surface area contributed by atoms with Crippen molar-refractivity contribution in [1.82, 2.24) is 10.2 Å². The van der Waals surface area contributed by atoms with Crippen molar-refractivity contribution in [1.29, 1.82) is 0 Å². The number of fused-ring (bicyclic) bond motifs is 1. The molecular formula is C16H15N3. The second kappa shape index (κ2) is 4.78. The fourth-order valence-corrected chi connectivity index (χ4v) is 2.30. The lowest BCUT2D eigenvalue weighted by Crippen LogP contribution is -1.97. The summed E-state index contributed by atoms with van der Waals surface area (Å²) in [5.74, 6) is 0. The minimum absolute atomic E-state index is 0.533. The summed E-state index contributed by atoms with van der Waals surface area (Å²) < 4.78 is 0. The molecule has 0 aliphatic rings. The second-order valence-corrected chi connectivity index (χ2v) is 4.58. The summed E-state index contributed by atoms with van der Waals surface area (Å²) in [5, 5.41) is 10.9. The van der Waals surface area contributed by atoms with Crippen molar-refractivity contribution in [3.63, 3.8) is 0 Å². The molecule has 0 saturated carbocycles. The van der Waals surface area contributed by atoms with Gasteiger partial charge in [-0.2, -0.15) is 5.10 Å². The fraction of sp³-hybridized carbons (Fsp3) is 0.125. The van der Waals surface area contributed by atoms with Crippen molar-refractivity contribution in [3.8, 4) is 11.3 Å². The Morgan fingerprint density at radius 2 is 1.74 bits per heavy atom. The van der Waals surface area contributed by atoms with E-state index in [1.54, 1.807) is 0 Å². The van der Waals surface area contributed by atoms with E-state index >= 15 is 0 Å². The minimum atomic E-state index is 0.533. The minimum Gasteiger partial charge on any atom is -0.326 e. The van der Waals surface area contributed by atoms with Crippen LogP contribution in [0.4, 0.5) is 0 Å². The molecule has 0 radical (unpaired) electrons. The highest BCUT2D eigenvalue weighted by Gasteiger charge is 2.08. The van der Waals surface area contributed by atoms with Crippen molar-refractivity contribution in [2.45, 2.75) is 13.5 Å². The summed E-state index contributed by atoms with van der Waals surface area (Å²) in [7, 11) is 0. The standard InChI is InChI=1S/C16H15N3/c1-11-14-7-2-3-8-15(14)16(19-18-11)13-6-4-5-12(9-13)10-17/h2-9H,10,17H2,1H3. The molecule has 94 valence electrons. The first-order valence-corrected chi connectivity index (χ1v) is 6.31. The van der Waals surface area contributed by atoms with E-state index in [1.165, 1.54) is 0 Å². The molecule has 0 aliphatic heterocycles. The number of benzene rings is 2. The lowest BCUT2D eigenvalue weighted by molar-refractivity contribution is 1.01. The van der Waals surface area contributed by atoms with E-state index < -0.39 is 0 Å². The van der Waals surface area contributed by atoms with Crippen LogP contribution in [0.5, 0.6) is 0 Å². The molecule has 1 heterocycles. The largest absolute Gasteiger partial charge is 0.326 e. The van der Waals surface area contributed by atoms with E-state index in [4.69, 9.17) is 5.73 Å². The Bertz CT molecular complexity index is 735. The van der Waals surface area contributed by atoms with Gasteiger partial charge in [-0.15, -0.1) is 5.10 Å². The third-order valence-electron chi connectivity index (χ3n) is 3.31. The summed E-state index contributed by atoms with van der Waals surface area (Å²) >= 11 is 0. The highest BCUT2D eigenvalue weighted by Crippen LogP contribution is 2.27. The quantitative estimate of drug-likeness (QED) is 0.759. The zero-order chi connectivity index (χ0) is 13.2. The number of hydrogen-bond donors (Lipinski definition) is 1. The Kier molecular flexibility index (Phi) is 2.97. The molecule has 0 fully saturated rings. The Balaban J connectivity index is 2.28. The van der Waals surface area contributed by atoms with Crippen molar-refractivity contribution >= 4 is 10.8 Å². The van der Waals surface area contributed by atoms with Crippen molar-refractivity contribution in [2.75, 3.05) is 0 Å². The molecule has 0 atom stereocenters. The van der Waals surface area contributed by atoms with E-state index in [-0.39, 0.29) is 0 Å². The van der Waals surface area contributed by atoms with Gasteiger partial charge in [0, 0.05) is 22.9 Å². The number of rotatable bonds is 2. The average molecular weight is 249 g/mol. The van der Waals surface area contributed by atoms with Crippen LogP contribution in [0.15, 0.2) is 48.5 Å². The van der Waals surface area contributed by atoms with Crippen LogP contribution in [-0.4, -0.2) is 10.2 Å². The van der Waals surface area contributed by atoms with Crippen molar-refractivity contribution < 1.29 is 0 Å². The Hall–Kier alpha value is -2.26. The van der Waals surface area contributed by atoms with E-state index in [9.17, 15) is 0 Å². The molecule has 0 spiro atoms. The molecule has 2 aromatic carbocycles. The maximum atomic E-state index is 5.70. The molecule has 2 N–H and O–H groups in total. The van der Waals surface area contributed by atoms with E-state index in [0.717, 1.165) is 33.3 Å². The summed E-state index contributed by atoms with van der Waals surface area (Å²) in [6.07, 6.45) is 0. The number of nitrogens with zero attached hydrogens (tertiary/aromatic N) is 2. The molecule has 3 rings (SSSR count). The normalized spacial score (nSPS) is 10.8. The molecule has 0 amide bonds. The monoisotopic (exact) mass is 249 g/mol. The number of nitrogens with two attached hydrogens (primary N) is 1. The highest BCUT2D eigenvalue weighted by molar-refractivity contribution is 5.95. The predicted octanol–water partition coefficient (Wildman–Crippen LogP) is 3.06. The zero-order valence-electron chi connectivity index (χ0n) is 10.8. The maximum Gasteiger partial charge on any atom is 0.101 e. The maximum absolute atomic E-state index is 5.70. The van der Waals surface area contributed by atoms with Gasteiger partial charge < -0.3 is 5.73 Å². The van der Waals surface area contributed by atoms with Gasteiger partial charge in [0.1, 0.15) is 5.69 Å². The molecule has 3 nitrogen and oxygen atoms in total. The van der Waals surface area contributed by atoms with Crippen LogP contribution in [0.1, 0.15) is 11.3 Å². The molecule has 1 aromatic heterocycles. The zero-order valence-corrected chi connectivity index (χ0v) is 10.8. The van der Waals surface area contributed by atoms with Gasteiger partial charge in [0.15, 0.2) is 0 Å². The predicted molar refractivity (Wildman–Crippen MR) is 77.6 cm³/mol. The van der Waals surface area contributed by atoms with Gasteiger partial charge in [-0.3, -0.25) is 0 Å². The van der Waals surface area contributed by atoms with Gasteiger partial charge in [0.2, 0.25) is 0 Å². The van der Waals surface area contributed by atoms with Crippen molar-refractivity contribution in [3.05, 3.63) is 59.8 Å². The van der Waals surface area contributed by atoms with E-state index in [2.05, 4.69) is 28.4 Å². The first-order chi connectivity index (χ1) is 9.29. The summed E-state index contributed by atoms with van der Waals surface area (Å²) in [6.45, 7) is 2.51. The van der Waals surface area contributed by atoms with Gasteiger partial charge in [-0.05, 0) is 18.6 Å². The van der Waals surface area contributed by atoms with Crippen LogP contribution < -0.4 is 5.73 Å². The smallest absolute Gasteiger partial charge is 0.101 e. The first-order valence-electron chi connectivity index (χ1n) is 6.31. The summed E-state index contributed by atoms with van der Waals surface area (Å²) in [6, 6.07) is 16.4. The molecule has 19 heavy (non-hydrogen) atoms. The van der Waals surface area contributed by atoms with Crippen LogP contribution in [-0.2, 0) is 6.54 Å². The van der Waals surface area contributed by atoms with Crippen LogP contribution in [0, 0.1) is 6.92 Å². The molecule has 0 aliphatic carbocycles. The molecule has 3 aromatic rings. The van der Waals surface area contributed by atoms with Crippen LogP contribution >= 0.6 is 0 Å². The van der Waals surface area contributed by atoms with Gasteiger partial charge in [0.05, 0.1) is 5.69 Å². The van der Waals surface area contributed by atoms with Crippen LogP contribution in [0.2, 0.25) is 0 Å². The SMILES string of the molecule is Cc1nnc(-c2cccc(CN)c2)c2ccccc12. The Labute approximate surface area is 112 Å². The fourth-order valence-electron chi connectivity index (χ4n) is 2.30. The third kappa shape index (κ3) is 2.09. The molecule has 0 bridgehead atoms. The third-order valence-corrected chi connectivity index (χ3v) is 3.31. The van der Waals surface area contributed by atoms with Gasteiger partial charge in [-0.1, -0.05) is 42.5 Å². The van der Waals surface area contributed by atoms with Crippen LogP contribution in [0.25, 0.3) is 22.0 Å². The topological polar surface area (TPSA) is 51.8 Å². The summed E-state index contributed by atoms with van der Waals surface area (Å²) in [4.78, 5) is 0. The second-order valence-electron chi connectivity index (χ2n) is 4.58. The highest BCUT2D eigenvalue weighted by atomic mass is 15.1. The Morgan fingerprint density at radius 3 is 2.53 bits per heavy atom. The molecule has 0 saturated heterocycles. The van der Waals surface area contributed by atoms with E-state index in [0.29, 0.717) is 6.54 Å². The lowest BCUT2D eigenvalue weighted by Gasteiger charge is -2.08. The number of hydrogen-bond acceptors (Lipinski definition) is 3. The van der Waals surface area contributed by atoms with Gasteiger partial charge in [-0.25, -0.2) is 0 Å². The van der Waals surface area contributed by atoms with Gasteiger partial charge >= 0.3 is 0 Å². The number of aryl methyl sites for hydroxylation is 1. The van der Waals surface area contributed by atoms with Crippen LogP contribution in [0.3, 0.4) is 0 Å². The molecular weight excluding hydrogens is 234 g/mol.